The van der Waals surface area contributed by atoms with Gasteiger partial charge in [0, 0.05) is 45.4 Å². The van der Waals surface area contributed by atoms with E-state index < -0.39 is 17.5 Å². The number of nitrogens with two attached hydrogens (primary N) is 1. The van der Waals surface area contributed by atoms with Gasteiger partial charge >= 0.3 is 17.9 Å². The second-order valence-corrected chi connectivity index (χ2v) is 9.53. The molecule has 220 valence electrons. The van der Waals surface area contributed by atoms with E-state index >= 15 is 0 Å². The predicted octanol–water partition coefficient (Wildman–Crippen LogP) is 0.772. The Balaban J connectivity index is 0. The maximum atomic E-state index is 11.4. The maximum Gasteiger partial charge on any atom is 0.322 e. The van der Waals surface area contributed by atoms with Crippen LogP contribution in [0.3, 0.4) is 0 Å². The third kappa shape index (κ3) is 20.2. The fraction of sp³-hybridized carbons (Fsp3) is 0.750. The van der Waals surface area contributed by atoms with Crippen LogP contribution < -0.4 is 11.1 Å². The van der Waals surface area contributed by atoms with E-state index in [-0.39, 0.29) is 62.0 Å². The Morgan fingerprint density at radius 1 is 0.868 bits per heavy atom. The van der Waals surface area contributed by atoms with E-state index in [4.69, 9.17) is 20.7 Å². The van der Waals surface area contributed by atoms with Gasteiger partial charge in [-0.3, -0.25) is 28.8 Å². The molecule has 38 heavy (non-hydrogen) atoms. The number of amides is 3. The van der Waals surface area contributed by atoms with Crippen molar-refractivity contribution in [3.05, 3.63) is 0 Å². The van der Waals surface area contributed by atoms with Crippen molar-refractivity contribution in [2.75, 3.05) is 39.3 Å². The average molecular weight is 567 g/mol. The maximum absolute atomic E-state index is 11.4. The number of nitrogens with one attached hydrogen (secondary N) is 1. The highest BCUT2D eigenvalue weighted by atomic mass is 35.5. The van der Waals surface area contributed by atoms with E-state index in [0.29, 0.717) is 32.5 Å². The molecule has 5 N–H and O–H groups in total. The highest BCUT2D eigenvalue weighted by molar-refractivity contribution is 5.85. The van der Waals surface area contributed by atoms with Gasteiger partial charge in [-0.25, -0.2) is 0 Å². The number of nitrogens with zero attached hydrogens (tertiary/aromatic N) is 2. The zero-order valence-corrected chi connectivity index (χ0v) is 23.3. The Hall–Kier alpha value is -2.93. The van der Waals surface area contributed by atoms with Gasteiger partial charge in [-0.15, -0.1) is 12.4 Å². The van der Waals surface area contributed by atoms with E-state index in [1.165, 1.54) is 0 Å². The molecule has 2 fully saturated rings. The number of ether oxygens (including phenoxy) is 1. The molecule has 2 aliphatic heterocycles. The summed E-state index contributed by atoms with van der Waals surface area (Å²) in [5.41, 5.74) is 4.60. The van der Waals surface area contributed by atoms with Crippen molar-refractivity contribution in [3.63, 3.8) is 0 Å². The average Bonchev–Trinajstić information content (AvgIpc) is 2.81. The summed E-state index contributed by atoms with van der Waals surface area (Å²) in [6.07, 6.45) is 5.21. The van der Waals surface area contributed by atoms with Gasteiger partial charge in [0.25, 0.3) is 0 Å². The van der Waals surface area contributed by atoms with Crippen molar-refractivity contribution >= 4 is 48.0 Å². The molecule has 0 aromatic heterocycles. The first-order valence-corrected chi connectivity index (χ1v) is 12.4. The number of hydrogen-bond donors (Lipinski definition) is 4. The van der Waals surface area contributed by atoms with Crippen molar-refractivity contribution in [1.29, 1.82) is 0 Å². The molecule has 2 rings (SSSR count). The minimum absolute atomic E-state index is 0. The van der Waals surface area contributed by atoms with Crippen molar-refractivity contribution in [2.24, 2.45) is 5.73 Å². The summed E-state index contributed by atoms with van der Waals surface area (Å²) < 4.78 is 4.82. The van der Waals surface area contributed by atoms with E-state index in [9.17, 15) is 28.8 Å². The third-order valence-corrected chi connectivity index (χ3v) is 5.07. The number of esters is 1. The second-order valence-electron chi connectivity index (χ2n) is 9.53. The lowest BCUT2D eigenvalue weighted by Crippen LogP contribution is -2.38. The number of halogens is 1. The van der Waals surface area contributed by atoms with Crippen LogP contribution >= 0.6 is 12.4 Å². The first kappa shape index (κ1) is 37.2. The SMILES string of the molecule is CC(C)(C)OC(=O)CN.Cl.O=C(O)CCN1CCCCC1=O.O=C(O)CNC(=O)CCN1CCCCC1=O. The van der Waals surface area contributed by atoms with Crippen LogP contribution in [0.5, 0.6) is 0 Å². The molecular formula is C24H43ClN4O9. The number of carboxylic acid groups (broad SMARTS) is 2. The molecule has 2 aliphatic rings. The molecular weight excluding hydrogens is 524 g/mol. The smallest absolute Gasteiger partial charge is 0.322 e. The van der Waals surface area contributed by atoms with E-state index in [1.54, 1.807) is 30.6 Å². The van der Waals surface area contributed by atoms with Crippen LogP contribution in [0.4, 0.5) is 0 Å². The largest absolute Gasteiger partial charge is 0.481 e. The fourth-order valence-electron chi connectivity index (χ4n) is 3.31. The molecule has 0 saturated carbocycles. The van der Waals surface area contributed by atoms with Gasteiger partial charge in [0.2, 0.25) is 17.7 Å². The minimum atomic E-state index is -1.07. The number of carbonyl (C=O) groups excluding carboxylic acids is 4. The lowest BCUT2D eigenvalue weighted by atomic mass is 10.1. The summed E-state index contributed by atoms with van der Waals surface area (Å²) in [6.45, 7) is 7.18. The molecule has 2 heterocycles. The summed E-state index contributed by atoms with van der Waals surface area (Å²) in [5, 5.41) is 19.0. The van der Waals surface area contributed by atoms with Crippen molar-refractivity contribution < 1.29 is 43.7 Å². The summed E-state index contributed by atoms with van der Waals surface area (Å²) >= 11 is 0. The molecule has 13 nitrogen and oxygen atoms in total. The number of rotatable bonds is 9. The molecule has 0 unspecified atom stereocenters. The summed E-state index contributed by atoms with van der Waals surface area (Å²) in [4.78, 5) is 67.9. The van der Waals surface area contributed by atoms with Gasteiger partial charge in [0.05, 0.1) is 13.0 Å². The number of carboxylic acids is 2. The highest BCUT2D eigenvalue weighted by Gasteiger charge is 2.19. The Morgan fingerprint density at radius 3 is 1.68 bits per heavy atom. The minimum Gasteiger partial charge on any atom is -0.481 e. The Morgan fingerprint density at radius 2 is 1.34 bits per heavy atom. The van der Waals surface area contributed by atoms with Crippen molar-refractivity contribution in [2.45, 2.75) is 77.7 Å². The fourth-order valence-corrected chi connectivity index (χ4v) is 3.31. The molecule has 0 aromatic carbocycles. The van der Waals surface area contributed by atoms with Gasteiger partial charge in [-0.2, -0.15) is 0 Å². The standard InChI is InChI=1S/C10H16N2O4.C8H13NO3.C6H13NO2.ClH/c13-8(11-7-10(15)16)4-6-12-5-2-1-3-9(12)14;10-7-3-1-2-5-9(7)6-4-8(11)12;1-6(2,3)9-5(8)4-7;/h1-7H2,(H,11,13)(H,15,16);1-6H2,(H,11,12);4,7H2,1-3H3;1H. The van der Waals surface area contributed by atoms with Gasteiger partial charge in [0.15, 0.2) is 0 Å². The highest BCUT2D eigenvalue weighted by Crippen LogP contribution is 2.11. The molecule has 0 radical (unpaired) electrons. The first-order chi connectivity index (χ1) is 17.2. The normalized spacial score (nSPS) is 15.1. The number of piperidine rings is 2. The zero-order valence-electron chi connectivity index (χ0n) is 22.5. The van der Waals surface area contributed by atoms with E-state index in [0.717, 1.165) is 32.2 Å². The summed E-state index contributed by atoms with van der Waals surface area (Å²) in [6, 6.07) is 0. The van der Waals surface area contributed by atoms with Crippen LogP contribution in [0.15, 0.2) is 0 Å². The molecule has 2 saturated heterocycles. The number of aliphatic carboxylic acids is 2. The lowest BCUT2D eigenvalue weighted by molar-refractivity contribution is -0.153. The van der Waals surface area contributed by atoms with Crippen LogP contribution in [0.1, 0.15) is 72.1 Å². The van der Waals surface area contributed by atoms with E-state index in [2.05, 4.69) is 5.32 Å². The monoisotopic (exact) mass is 566 g/mol. The molecule has 14 heteroatoms. The lowest BCUT2D eigenvalue weighted by Gasteiger charge is -2.26. The molecule has 0 aromatic rings. The number of hydrogen-bond acceptors (Lipinski definition) is 8. The molecule has 0 bridgehead atoms. The Labute approximate surface area is 229 Å². The Kier molecular flexibility index (Phi) is 19.7. The summed E-state index contributed by atoms with van der Waals surface area (Å²) in [7, 11) is 0. The van der Waals surface area contributed by atoms with Gasteiger partial charge in [-0.1, -0.05) is 0 Å². The van der Waals surface area contributed by atoms with E-state index in [1.807, 2.05) is 0 Å². The summed E-state index contributed by atoms with van der Waals surface area (Å²) in [5.74, 6) is -2.42. The van der Waals surface area contributed by atoms with Gasteiger partial charge in [-0.05, 0) is 46.5 Å². The third-order valence-electron chi connectivity index (χ3n) is 5.07. The zero-order chi connectivity index (χ0) is 28.4. The van der Waals surface area contributed by atoms with Crippen LogP contribution in [0, 0.1) is 0 Å². The predicted molar refractivity (Wildman–Crippen MR) is 141 cm³/mol. The molecule has 3 amide bonds. The number of likely N-dealkylation sites (tertiary alicyclic amines) is 2. The van der Waals surface area contributed by atoms with Crippen molar-refractivity contribution in [1.82, 2.24) is 15.1 Å². The molecule has 0 aliphatic carbocycles. The molecule has 0 atom stereocenters. The Bertz CT molecular complexity index is 787. The quantitative estimate of drug-likeness (QED) is 0.289. The van der Waals surface area contributed by atoms with Crippen LogP contribution in [-0.2, 0) is 33.5 Å². The number of carbonyl (C=O) groups is 6. The second kappa shape index (κ2) is 20.1. The molecule has 0 spiro atoms. The van der Waals surface area contributed by atoms with Crippen LogP contribution in [0.2, 0.25) is 0 Å². The van der Waals surface area contributed by atoms with Crippen LogP contribution in [-0.4, -0.2) is 101 Å². The first-order valence-electron chi connectivity index (χ1n) is 12.4. The van der Waals surface area contributed by atoms with Crippen LogP contribution in [0.25, 0.3) is 0 Å². The van der Waals surface area contributed by atoms with Gasteiger partial charge < -0.3 is 35.8 Å². The van der Waals surface area contributed by atoms with Crippen molar-refractivity contribution in [3.8, 4) is 0 Å². The topological polar surface area (TPSA) is 197 Å². The van der Waals surface area contributed by atoms with Gasteiger partial charge in [0.1, 0.15) is 12.1 Å².